The topological polar surface area (TPSA) is 3.24 Å². The summed E-state index contributed by atoms with van der Waals surface area (Å²) in [5.74, 6) is 0. The zero-order chi connectivity index (χ0) is 12.4. The van der Waals surface area contributed by atoms with Gasteiger partial charge in [0.15, 0.2) is 0 Å². The van der Waals surface area contributed by atoms with E-state index in [2.05, 4.69) is 18.7 Å². The normalized spacial score (nSPS) is 17.1. The standard InChI is InChI=1S/C14H19F2N/c1-3-10(2)17-8-4-5-11-6-7-12(14(15)16)9-13(11)17/h6-7,9-10,14H,3-5,8H2,1-2H3. The van der Waals surface area contributed by atoms with Crippen molar-refractivity contribution >= 4 is 5.69 Å². The molecule has 0 aliphatic carbocycles. The van der Waals surface area contributed by atoms with Gasteiger partial charge in [-0.1, -0.05) is 19.1 Å². The third-order valence-electron chi connectivity index (χ3n) is 3.64. The molecule has 1 heterocycles. The smallest absolute Gasteiger partial charge is 0.263 e. The van der Waals surface area contributed by atoms with Crippen LogP contribution < -0.4 is 4.90 Å². The van der Waals surface area contributed by atoms with Crippen molar-refractivity contribution in [3.05, 3.63) is 29.3 Å². The molecule has 1 unspecified atom stereocenters. The van der Waals surface area contributed by atoms with Gasteiger partial charge in [0, 0.05) is 23.8 Å². The lowest BCUT2D eigenvalue weighted by Gasteiger charge is -2.36. The van der Waals surface area contributed by atoms with E-state index >= 15 is 0 Å². The first-order valence-electron chi connectivity index (χ1n) is 6.31. The van der Waals surface area contributed by atoms with E-state index in [1.807, 2.05) is 6.07 Å². The Morgan fingerprint density at radius 1 is 1.35 bits per heavy atom. The van der Waals surface area contributed by atoms with Crippen LogP contribution in [0.1, 0.15) is 44.2 Å². The van der Waals surface area contributed by atoms with E-state index in [0.717, 1.165) is 31.5 Å². The minimum Gasteiger partial charge on any atom is -0.369 e. The summed E-state index contributed by atoms with van der Waals surface area (Å²) in [4.78, 5) is 2.27. The highest BCUT2D eigenvalue weighted by molar-refractivity contribution is 5.58. The van der Waals surface area contributed by atoms with Gasteiger partial charge in [0.1, 0.15) is 0 Å². The predicted octanol–water partition coefficient (Wildman–Crippen LogP) is 4.18. The molecule has 0 amide bonds. The molecule has 94 valence electrons. The highest BCUT2D eigenvalue weighted by Gasteiger charge is 2.22. The van der Waals surface area contributed by atoms with Gasteiger partial charge in [-0.05, 0) is 37.8 Å². The SMILES string of the molecule is CCC(C)N1CCCc2ccc(C(F)F)cc21. The van der Waals surface area contributed by atoms with Gasteiger partial charge in [0.2, 0.25) is 0 Å². The lowest BCUT2D eigenvalue weighted by atomic mass is 9.98. The van der Waals surface area contributed by atoms with E-state index in [9.17, 15) is 8.78 Å². The number of nitrogens with zero attached hydrogens (tertiary/aromatic N) is 1. The summed E-state index contributed by atoms with van der Waals surface area (Å²) in [5, 5.41) is 0. The first kappa shape index (κ1) is 12.3. The second kappa shape index (κ2) is 5.03. The fourth-order valence-electron chi connectivity index (χ4n) is 2.43. The Balaban J connectivity index is 2.37. The molecule has 0 aromatic heterocycles. The van der Waals surface area contributed by atoms with Gasteiger partial charge in [0.05, 0.1) is 0 Å². The molecule has 0 radical (unpaired) electrons. The van der Waals surface area contributed by atoms with E-state index in [-0.39, 0.29) is 5.56 Å². The Hall–Kier alpha value is -1.12. The summed E-state index contributed by atoms with van der Waals surface area (Å²) in [6, 6.07) is 5.52. The first-order valence-corrected chi connectivity index (χ1v) is 6.31. The number of hydrogen-bond acceptors (Lipinski definition) is 1. The maximum absolute atomic E-state index is 12.7. The van der Waals surface area contributed by atoms with Gasteiger partial charge in [0.25, 0.3) is 6.43 Å². The van der Waals surface area contributed by atoms with E-state index in [4.69, 9.17) is 0 Å². The second-order valence-corrected chi connectivity index (χ2v) is 4.74. The largest absolute Gasteiger partial charge is 0.369 e. The lowest BCUT2D eigenvalue weighted by molar-refractivity contribution is 0.151. The van der Waals surface area contributed by atoms with Crippen LogP contribution >= 0.6 is 0 Å². The molecular formula is C14H19F2N. The molecule has 3 heteroatoms. The summed E-state index contributed by atoms with van der Waals surface area (Å²) in [7, 11) is 0. The van der Waals surface area contributed by atoms with Crippen LogP contribution in [0.4, 0.5) is 14.5 Å². The van der Waals surface area contributed by atoms with Crippen LogP contribution in [-0.2, 0) is 6.42 Å². The Morgan fingerprint density at radius 2 is 2.12 bits per heavy atom. The summed E-state index contributed by atoms with van der Waals surface area (Å²) in [6.07, 6.45) is 0.788. The molecule has 1 aromatic rings. The number of anilines is 1. The number of alkyl halides is 2. The Kier molecular flexibility index (Phi) is 3.65. The van der Waals surface area contributed by atoms with E-state index in [1.54, 1.807) is 12.1 Å². The quantitative estimate of drug-likeness (QED) is 0.765. The van der Waals surface area contributed by atoms with Gasteiger partial charge >= 0.3 is 0 Å². The molecule has 0 spiro atoms. The molecule has 0 N–H and O–H groups in total. The molecule has 0 bridgehead atoms. The van der Waals surface area contributed by atoms with Gasteiger partial charge in [-0.25, -0.2) is 8.78 Å². The molecule has 1 nitrogen and oxygen atoms in total. The average Bonchev–Trinajstić information content (AvgIpc) is 2.36. The van der Waals surface area contributed by atoms with Gasteiger partial charge in [-0.15, -0.1) is 0 Å². The summed E-state index contributed by atoms with van der Waals surface area (Å²) in [5.41, 5.74) is 2.36. The molecule has 0 saturated heterocycles. The Labute approximate surface area is 101 Å². The number of benzene rings is 1. The Morgan fingerprint density at radius 3 is 2.76 bits per heavy atom. The van der Waals surface area contributed by atoms with Crippen LogP contribution in [0, 0.1) is 0 Å². The number of rotatable bonds is 3. The Bertz CT molecular complexity index is 390. The highest BCUT2D eigenvalue weighted by Crippen LogP contribution is 2.33. The minimum atomic E-state index is -2.37. The van der Waals surface area contributed by atoms with Crippen molar-refractivity contribution in [2.75, 3.05) is 11.4 Å². The minimum absolute atomic E-state index is 0.138. The summed E-state index contributed by atoms with van der Waals surface area (Å²) in [6.45, 7) is 5.27. The van der Waals surface area contributed by atoms with Crippen LogP contribution in [0.15, 0.2) is 18.2 Å². The van der Waals surface area contributed by atoms with E-state index in [0.29, 0.717) is 6.04 Å². The molecule has 1 aliphatic heterocycles. The zero-order valence-corrected chi connectivity index (χ0v) is 10.4. The maximum Gasteiger partial charge on any atom is 0.263 e. The van der Waals surface area contributed by atoms with Crippen LogP contribution in [0.2, 0.25) is 0 Å². The van der Waals surface area contributed by atoms with Crippen molar-refractivity contribution < 1.29 is 8.78 Å². The van der Waals surface area contributed by atoms with Gasteiger partial charge in [-0.3, -0.25) is 0 Å². The van der Waals surface area contributed by atoms with Crippen molar-refractivity contribution in [1.29, 1.82) is 0 Å². The lowest BCUT2D eigenvalue weighted by Crippen LogP contribution is -2.36. The number of fused-ring (bicyclic) bond motifs is 1. The molecule has 1 aliphatic rings. The third-order valence-corrected chi connectivity index (χ3v) is 3.64. The zero-order valence-electron chi connectivity index (χ0n) is 10.4. The van der Waals surface area contributed by atoms with Crippen molar-refractivity contribution in [1.82, 2.24) is 0 Å². The van der Waals surface area contributed by atoms with Crippen LogP contribution in [0.5, 0.6) is 0 Å². The first-order chi connectivity index (χ1) is 8.13. The summed E-state index contributed by atoms with van der Waals surface area (Å²) >= 11 is 0. The van der Waals surface area contributed by atoms with Crippen molar-refractivity contribution in [3.63, 3.8) is 0 Å². The summed E-state index contributed by atoms with van der Waals surface area (Å²) < 4.78 is 25.5. The molecular weight excluding hydrogens is 220 g/mol. The number of halogens is 2. The van der Waals surface area contributed by atoms with Gasteiger partial charge in [-0.2, -0.15) is 0 Å². The molecule has 2 rings (SSSR count). The van der Waals surface area contributed by atoms with Crippen LogP contribution in [-0.4, -0.2) is 12.6 Å². The maximum atomic E-state index is 12.7. The van der Waals surface area contributed by atoms with E-state index in [1.165, 1.54) is 5.56 Å². The van der Waals surface area contributed by atoms with Crippen molar-refractivity contribution in [2.24, 2.45) is 0 Å². The molecule has 1 atom stereocenters. The van der Waals surface area contributed by atoms with E-state index < -0.39 is 6.43 Å². The predicted molar refractivity (Wildman–Crippen MR) is 66.8 cm³/mol. The fourth-order valence-corrected chi connectivity index (χ4v) is 2.43. The third kappa shape index (κ3) is 2.43. The monoisotopic (exact) mass is 239 g/mol. The molecule has 17 heavy (non-hydrogen) atoms. The van der Waals surface area contributed by atoms with Crippen LogP contribution in [0.3, 0.4) is 0 Å². The highest BCUT2D eigenvalue weighted by atomic mass is 19.3. The fraction of sp³-hybridized carbons (Fsp3) is 0.571. The molecule has 1 aromatic carbocycles. The number of aryl methyl sites for hydroxylation is 1. The van der Waals surface area contributed by atoms with Crippen molar-refractivity contribution in [3.8, 4) is 0 Å². The van der Waals surface area contributed by atoms with Crippen molar-refractivity contribution in [2.45, 2.75) is 45.6 Å². The molecule has 0 fully saturated rings. The van der Waals surface area contributed by atoms with Gasteiger partial charge < -0.3 is 4.90 Å². The van der Waals surface area contributed by atoms with Crippen LogP contribution in [0.25, 0.3) is 0 Å². The molecule has 0 saturated carbocycles. The number of hydrogen-bond donors (Lipinski definition) is 0. The second-order valence-electron chi connectivity index (χ2n) is 4.74. The average molecular weight is 239 g/mol.